The van der Waals surface area contributed by atoms with E-state index in [1.165, 1.54) is 4.90 Å². The quantitative estimate of drug-likeness (QED) is 0.839. The van der Waals surface area contributed by atoms with Crippen LogP contribution in [0.3, 0.4) is 0 Å². The summed E-state index contributed by atoms with van der Waals surface area (Å²) in [6, 6.07) is 0. The molecule has 16 heavy (non-hydrogen) atoms. The molecule has 0 aliphatic carbocycles. The first-order chi connectivity index (χ1) is 7.20. The molecule has 5 nitrogen and oxygen atoms in total. The maximum absolute atomic E-state index is 11.9. The SMILES string of the molecule is Cc1nc(C)c(C(=O)N(C)CC(C)(C)O)o1. The molecule has 0 fully saturated rings. The smallest absolute Gasteiger partial charge is 0.291 e. The van der Waals surface area contributed by atoms with Gasteiger partial charge in [0.15, 0.2) is 5.89 Å². The van der Waals surface area contributed by atoms with Crippen LogP contribution in [0.4, 0.5) is 0 Å². The van der Waals surface area contributed by atoms with Crippen molar-refractivity contribution >= 4 is 5.91 Å². The van der Waals surface area contributed by atoms with Crippen molar-refractivity contribution in [2.45, 2.75) is 33.3 Å². The van der Waals surface area contributed by atoms with E-state index in [4.69, 9.17) is 4.42 Å². The summed E-state index contributed by atoms with van der Waals surface area (Å²) in [7, 11) is 1.62. The van der Waals surface area contributed by atoms with Crippen molar-refractivity contribution in [2.75, 3.05) is 13.6 Å². The summed E-state index contributed by atoms with van der Waals surface area (Å²) >= 11 is 0. The molecule has 1 N–H and O–H groups in total. The van der Waals surface area contributed by atoms with Crippen molar-refractivity contribution in [3.63, 3.8) is 0 Å². The van der Waals surface area contributed by atoms with E-state index in [0.29, 0.717) is 11.6 Å². The molecule has 0 spiro atoms. The Kier molecular flexibility index (Phi) is 3.38. The molecule has 0 aliphatic rings. The van der Waals surface area contributed by atoms with Crippen molar-refractivity contribution in [3.8, 4) is 0 Å². The predicted molar refractivity (Wildman–Crippen MR) is 59.2 cm³/mol. The third-order valence-electron chi connectivity index (χ3n) is 2.07. The van der Waals surface area contributed by atoms with Crippen molar-refractivity contribution < 1.29 is 14.3 Å². The van der Waals surface area contributed by atoms with E-state index < -0.39 is 5.60 Å². The topological polar surface area (TPSA) is 66.6 Å². The van der Waals surface area contributed by atoms with E-state index in [1.807, 2.05) is 0 Å². The zero-order chi connectivity index (χ0) is 12.5. The fourth-order valence-electron chi connectivity index (χ4n) is 1.56. The van der Waals surface area contributed by atoms with Crippen molar-refractivity contribution in [3.05, 3.63) is 17.3 Å². The summed E-state index contributed by atoms with van der Waals surface area (Å²) in [5.41, 5.74) is -0.349. The molecule has 90 valence electrons. The molecular weight excluding hydrogens is 208 g/mol. The van der Waals surface area contributed by atoms with Gasteiger partial charge in [-0.25, -0.2) is 4.98 Å². The second-order valence-corrected chi connectivity index (χ2v) is 4.62. The lowest BCUT2D eigenvalue weighted by Gasteiger charge is -2.24. The van der Waals surface area contributed by atoms with Gasteiger partial charge in [0.2, 0.25) is 5.76 Å². The summed E-state index contributed by atoms with van der Waals surface area (Å²) in [5, 5.41) is 9.62. The number of aryl methyl sites for hydroxylation is 2. The standard InChI is InChI=1S/C11H18N2O3/c1-7-9(16-8(2)12-7)10(14)13(5)6-11(3,4)15/h15H,6H2,1-5H3. The number of aromatic nitrogens is 1. The summed E-state index contributed by atoms with van der Waals surface area (Å²) in [6.45, 7) is 6.96. The van der Waals surface area contributed by atoms with Gasteiger partial charge in [-0.15, -0.1) is 0 Å². The number of hydrogen-bond donors (Lipinski definition) is 1. The fraction of sp³-hybridized carbons (Fsp3) is 0.636. The molecule has 5 heteroatoms. The van der Waals surface area contributed by atoms with E-state index in [-0.39, 0.29) is 18.2 Å². The number of likely N-dealkylation sites (N-methyl/N-ethyl adjacent to an activating group) is 1. The maximum atomic E-state index is 11.9. The summed E-state index contributed by atoms with van der Waals surface area (Å²) < 4.78 is 5.23. The van der Waals surface area contributed by atoms with E-state index in [2.05, 4.69) is 4.98 Å². The van der Waals surface area contributed by atoms with Crippen molar-refractivity contribution in [1.82, 2.24) is 9.88 Å². The van der Waals surface area contributed by atoms with Crippen LogP contribution >= 0.6 is 0 Å². The van der Waals surface area contributed by atoms with E-state index in [1.54, 1.807) is 34.7 Å². The lowest BCUT2D eigenvalue weighted by Crippen LogP contribution is -2.39. The van der Waals surface area contributed by atoms with Crippen LogP contribution in [-0.2, 0) is 0 Å². The summed E-state index contributed by atoms with van der Waals surface area (Å²) in [6.07, 6.45) is 0. The third kappa shape index (κ3) is 3.06. The zero-order valence-electron chi connectivity index (χ0n) is 10.4. The van der Waals surface area contributed by atoms with Gasteiger partial charge in [-0.1, -0.05) is 0 Å². The third-order valence-corrected chi connectivity index (χ3v) is 2.07. The Morgan fingerprint density at radius 3 is 2.44 bits per heavy atom. The molecule has 1 aromatic heterocycles. The average molecular weight is 226 g/mol. The van der Waals surface area contributed by atoms with Crippen LogP contribution in [0, 0.1) is 13.8 Å². The minimum Gasteiger partial charge on any atom is -0.436 e. The Morgan fingerprint density at radius 2 is 2.06 bits per heavy atom. The fourth-order valence-corrected chi connectivity index (χ4v) is 1.56. The van der Waals surface area contributed by atoms with Crippen molar-refractivity contribution in [1.29, 1.82) is 0 Å². The van der Waals surface area contributed by atoms with Gasteiger partial charge in [-0.2, -0.15) is 0 Å². The molecule has 0 aromatic carbocycles. The minimum atomic E-state index is -0.923. The Morgan fingerprint density at radius 1 is 1.50 bits per heavy atom. The number of nitrogens with zero attached hydrogens (tertiary/aromatic N) is 2. The molecule has 0 saturated heterocycles. The Balaban J connectivity index is 2.82. The second kappa shape index (κ2) is 4.25. The van der Waals surface area contributed by atoms with Gasteiger partial charge in [0.05, 0.1) is 11.3 Å². The number of aliphatic hydroxyl groups is 1. The van der Waals surface area contributed by atoms with Crippen LogP contribution < -0.4 is 0 Å². The predicted octanol–water partition coefficient (Wildman–Crippen LogP) is 1.13. The molecule has 1 aromatic rings. The lowest BCUT2D eigenvalue weighted by molar-refractivity contribution is 0.0351. The van der Waals surface area contributed by atoms with Crippen LogP contribution in [0.5, 0.6) is 0 Å². The molecular formula is C11H18N2O3. The van der Waals surface area contributed by atoms with Gasteiger partial charge in [0.1, 0.15) is 0 Å². The molecule has 1 heterocycles. The molecule has 0 radical (unpaired) electrons. The number of carbonyl (C=O) groups is 1. The van der Waals surface area contributed by atoms with Gasteiger partial charge < -0.3 is 14.4 Å². The first kappa shape index (κ1) is 12.7. The highest BCUT2D eigenvalue weighted by Crippen LogP contribution is 2.13. The molecule has 0 saturated carbocycles. The number of hydrogen-bond acceptors (Lipinski definition) is 4. The summed E-state index contributed by atoms with van der Waals surface area (Å²) in [5.74, 6) is 0.446. The number of oxazole rings is 1. The highest BCUT2D eigenvalue weighted by molar-refractivity contribution is 5.92. The molecule has 0 unspecified atom stereocenters. The molecule has 0 atom stereocenters. The first-order valence-electron chi connectivity index (χ1n) is 5.12. The van der Waals surface area contributed by atoms with Crippen LogP contribution in [-0.4, -0.2) is 40.1 Å². The molecule has 1 rings (SSSR count). The lowest BCUT2D eigenvalue weighted by atomic mass is 10.1. The van der Waals surface area contributed by atoms with E-state index in [9.17, 15) is 9.90 Å². The van der Waals surface area contributed by atoms with Crippen molar-refractivity contribution in [2.24, 2.45) is 0 Å². The summed E-state index contributed by atoms with van der Waals surface area (Å²) in [4.78, 5) is 17.4. The van der Waals surface area contributed by atoms with Gasteiger partial charge >= 0.3 is 0 Å². The molecule has 0 bridgehead atoms. The Labute approximate surface area is 95.1 Å². The van der Waals surface area contributed by atoms with E-state index >= 15 is 0 Å². The number of carbonyl (C=O) groups excluding carboxylic acids is 1. The Bertz CT molecular complexity index is 390. The monoisotopic (exact) mass is 226 g/mol. The minimum absolute atomic E-state index is 0.240. The average Bonchev–Trinajstić information content (AvgIpc) is 2.41. The Hall–Kier alpha value is -1.36. The first-order valence-corrected chi connectivity index (χ1v) is 5.12. The van der Waals surface area contributed by atoms with Gasteiger partial charge in [0, 0.05) is 20.5 Å². The van der Waals surface area contributed by atoms with Gasteiger partial charge in [-0.05, 0) is 20.8 Å². The maximum Gasteiger partial charge on any atom is 0.291 e. The molecule has 0 aliphatic heterocycles. The van der Waals surface area contributed by atoms with Crippen LogP contribution in [0.15, 0.2) is 4.42 Å². The number of amides is 1. The zero-order valence-corrected chi connectivity index (χ0v) is 10.4. The highest BCUT2D eigenvalue weighted by Gasteiger charge is 2.24. The van der Waals surface area contributed by atoms with Crippen LogP contribution in [0.1, 0.15) is 36.0 Å². The number of rotatable bonds is 3. The second-order valence-electron chi connectivity index (χ2n) is 4.62. The van der Waals surface area contributed by atoms with Crippen LogP contribution in [0.25, 0.3) is 0 Å². The largest absolute Gasteiger partial charge is 0.436 e. The molecule has 1 amide bonds. The van der Waals surface area contributed by atoms with Gasteiger partial charge in [-0.3, -0.25) is 4.79 Å². The van der Waals surface area contributed by atoms with E-state index in [0.717, 1.165) is 0 Å². The van der Waals surface area contributed by atoms with Gasteiger partial charge in [0.25, 0.3) is 5.91 Å². The highest BCUT2D eigenvalue weighted by atomic mass is 16.4. The normalized spacial score (nSPS) is 11.6. The van der Waals surface area contributed by atoms with Crippen LogP contribution in [0.2, 0.25) is 0 Å².